The highest BCUT2D eigenvalue weighted by Gasteiger charge is 2.20. The number of ketones is 1. The Bertz CT molecular complexity index is 747. The van der Waals surface area contributed by atoms with Crippen LogP contribution >= 0.6 is 0 Å². The molecule has 0 atom stereocenters. The number of benzene rings is 2. The van der Waals surface area contributed by atoms with Gasteiger partial charge in [0.25, 0.3) is 0 Å². The third kappa shape index (κ3) is 3.35. The van der Waals surface area contributed by atoms with Crippen molar-refractivity contribution in [3.63, 3.8) is 0 Å². The van der Waals surface area contributed by atoms with Crippen LogP contribution < -0.4 is 18.9 Å². The molecule has 126 valence electrons. The molecule has 5 heteroatoms. The molecule has 0 radical (unpaired) electrons. The third-order valence-corrected chi connectivity index (χ3v) is 3.66. The highest BCUT2D eigenvalue weighted by atomic mass is 16.5. The van der Waals surface area contributed by atoms with Gasteiger partial charge < -0.3 is 18.9 Å². The average molecular weight is 328 g/mol. The first-order valence-corrected chi connectivity index (χ1v) is 7.23. The third-order valence-electron chi connectivity index (χ3n) is 3.66. The summed E-state index contributed by atoms with van der Waals surface area (Å²) in [6.45, 7) is 3.91. The molecule has 0 aromatic heterocycles. The van der Waals surface area contributed by atoms with Gasteiger partial charge in [-0.2, -0.15) is 0 Å². The molecule has 0 saturated carbocycles. The molecule has 2 rings (SSSR count). The van der Waals surface area contributed by atoms with E-state index in [2.05, 4.69) is 6.58 Å². The van der Waals surface area contributed by atoms with Crippen molar-refractivity contribution in [1.82, 2.24) is 0 Å². The highest BCUT2D eigenvalue weighted by molar-refractivity contribution is 6.29. The quantitative estimate of drug-likeness (QED) is 0.574. The van der Waals surface area contributed by atoms with Gasteiger partial charge in [-0.1, -0.05) is 18.7 Å². The second-order valence-electron chi connectivity index (χ2n) is 4.94. The highest BCUT2D eigenvalue weighted by Crippen LogP contribution is 2.36. The van der Waals surface area contributed by atoms with Crippen LogP contribution in [0.3, 0.4) is 0 Å². The number of hydrogen-bond donors (Lipinski definition) is 0. The van der Waals surface area contributed by atoms with E-state index in [-0.39, 0.29) is 5.78 Å². The van der Waals surface area contributed by atoms with Crippen LogP contribution in [0.2, 0.25) is 0 Å². The van der Waals surface area contributed by atoms with Crippen molar-refractivity contribution in [2.75, 3.05) is 28.4 Å². The molecule has 0 amide bonds. The van der Waals surface area contributed by atoms with E-state index in [0.717, 1.165) is 0 Å². The van der Waals surface area contributed by atoms with E-state index >= 15 is 0 Å². The predicted molar refractivity (Wildman–Crippen MR) is 92.5 cm³/mol. The summed E-state index contributed by atoms with van der Waals surface area (Å²) in [6, 6.07) is 10.3. The number of ether oxygens (including phenoxy) is 4. The summed E-state index contributed by atoms with van der Waals surface area (Å²) in [6.07, 6.45) is 0. The van der Waals surface area contributed by atoms with Crippen LogP contribution in [0.5, 0.6) is 23.0 Å². The van der Waals surface area contributed by atoms with Crippen molar-refractivity contribution in [3.05, 3.63) is 54.1 Å². The van der Waals surface area contributed by atoms with Gasteiger partial charge in [-0.15, -0.1) is 0 Å². The second kappa shape index (κ2) is 7.55. The van der Waals surface area contributed by atoms with Crippen LogP contribution in [0.4, 0.5) is 0 Å². The number of carbonyl (C=O) groups excluding carboxylic acids is 1. The molecular weight excluding hydrogens is 308 g/mol. The Morgan fingerprint density at radius 2 is 1.33 bits per heavy atom. The molecule has 0 spiro atoms. The van der Waals surface area contributed by atoms with Crippen LogP contribution in [0.1, 0.15) is 15.9 Å². The molecular formula is C19H20O5. The number of Topliss-reactive ketones (excluding diaryl/α,β-unsaturated/α-hetero) is 1. The van der Waals surface area contributed by atoms with Crippen LogP contribution in [-0.2, 0) is 0 Å². The molecule has 0 aliphatic rings. The lowest BCUT2D eigenvalue weighted by atomic mass is 9.97. The predicted octanol–water partition coefficient (Wildman–Crippen LogP) is 3.62. The van der Waals surface area contributed by atoms with Crippen LogP contribution in [0.25, 0.3) is 5.57 Å². The van der Waals surface area contributed by atoms with Crippen LogP contribution in [-0.4, -0.2) is 34.2 Å². The Morgan fingerprint density at radius 1 is 0.792 bits per heavy atom. The Hall–Kier alpha value is -2.95. The zero-order valence-electron chi connectivity index (χ0n) is 14.2. The second-order valence-corrected chi connectivity index (χ2v) is 4.94. The number of rotatable bonds is 7. The van der Waals surface area contributed by atoms with E-state index < -0.39 is 0 Å². The smallest absolute Gasteiger partial charge is 0.196 e. The van der Waals surface area contributed by atoms with Gasteiger partial charge in [0, 0.05) is 11.6 Å². The van der Waals surface area contributed by atoms with E-state index in [0.29, 0.717) is 39.7 Å². The van der Waals surface area contributed by atoms with Crippen molar-refractivity contribution in [2.24, 2.45) is 0 Å². The number of carbonyl (C=O) groups is 1. The minimum atomic E-state index is -0.252. The molecule has 2 aromatic carbocycles. The summed E-state index contributed by atoms with van der Waals surface area (Å²) in [4.78, 5) is 12.8. The zero-order valence-corrected chi connectivity index (χ0v) is 14.2. The fourth-order valence-electron chi connectivity index (χ4n) is 2.29. The molecule has 5 nitrogen and oxygen atoms in total. The van der Waals surface area contributed by atoms with Crippen LogP contribution in [0, 0.1) is 0 Å². The fourth-order valence-corrected chi connectivity index (χ4v) is 2.29. The van der Waals surface area contributed by atoms with E-state index in [4.69, 9.17) is 18.9 Å². The van der Waals surface area contributed by atoms with Crippen molar-refractivity contribution < 1.29 is 23.7 Å². The maximum atomic E-state index is 12.8. The molecule has 0 heterocycles. The average Bonchev–Trinajstić information content (AvgIpc) is 2.65. The van der Waals surface area contributed by atoms with Gasteiger partial charge in [-0.05, 0) is 23.8 Å². The molecule has 0 saturated heterocycles. The largest absolute Gasteiger partial charge is 0.497 e. The van der Waals surface area contributed by atoms with Gasteiger partial charge in [0.05, 0.1) is 34.0 Å². The van der Waals surface area contributed by atoms with Gasteiger partial charge in [0.15, 0.2) is 17.3 Å². The first-order valence-electron chi connectivity index (χ1n) is 7.23. The van der Waals surface area contributed by atoms with Gasteiger partial charge in [-0.3, -0.25) is 4.79 Å². The number of hydrogen-bond acceptors (Lipinski definition) is 5. The number of methoxy groups -OCH3 is 4. The normalized spacial score (nSPS) is 10.0. The maximum absolute atomic E-state index is 12.8. The minimum absolute atomic E-state index is 0.252. The summed E-state index contributed by atoms with van der Waals surface area (Å²) in [5.74, 6) is 1.79. The lowest BCUT2D eigenvalue weighted by Gasteiger charge is -2.14. The monoisotopic (exact) mass is 328 g/mol. The summed E-state index contributed by atoms with van der Waals surface area (Å²) in [5.41, 5.74) is 1.41. The topological polar surface area (TPSA) is 54.0 Å². The standard InChI is InChI=1S/C19H20O5/c1-12(13-6-8-14(21-2)9-7-13)19(20)15-10-17(23-4)18(24-5)11-16(15)22-3/h6-11H,1H2,2-5H3. The SMILES string of the molecule is C=C(C(=O)c1cc(OC)c(OC)cc1OC)c1ccc(OC)cc1. The Morgan fingerprint density at radius 3 is 1.83 bits per heavy atom. The van der Waals surface area contributed by atoms with Gasteiger partial charge in [0.1, 0.15) is 11.5 Å². The molecule has 0 N–H and O–H groups in total. The fraction of sp³-hybridized carbons (Fsp3) is 0.211. The minimum Gasteiger partial charge on any atom is -0.497 e. The maximum Gasteiger partial charge on any atom is 0.196 e. The van der Waals surface area contributed by atoms with Crippen molar-refractivity contribution >= 4 is 11.4 Å². The first kappa shape index (κ1) is 17.4. The zero-order chi connectivity index (χ0) is 17.7. The Labute approximate surface area is 141 Å². The molecule has 2 aromatic rings. The van der Waals surface area contributed by atoms with Crippen molar-refractivity contribution in [3.8, 4) is 23.0 Å². The van der Waals surface area contributed by atoms with Crippen LogP contribution in [0.15, 0.2) is 43.0 Å². The molecule has 0 fully saturated rings. The molecule has 0 aliphatic carbocycles. The molecule has 0 bridgehead atoms. The van der Waals surface area contributed by atoms with Gasteiger partial charge >= 0.3 is 0 Å². The number of allylic oxidation sites excluding steroid dienone is 1. The summed E-state index contributed by atoms with van der Waals surface area (Å²) >= 11 is 0. The van der Waals surface area contributed by atoms with E-state index in [1.807, 2.05) is 0 Å². The Kier molecular flexibility index (Phi) is 5.47. The lowest BCUT2D eigenvalue weighted by molar-refractivity contribution is 0.105. The van der Waals surface area contributed by atoms with Crippen molar-refractivity contribution in [2.45, 2.75) is 0 Å². The van der Waals surface area contributed by atoms with E-state index in [1.54, 1.807) is 43.5 Å². The summed E-state index contributed by atoms with van der Waals surface area (Å²) in [7, 11) is 6.11. The molecule has 0 unspecified atom stereocenters. The van der Waals surface area contributed by atoms with Gasteiger partial charge in [0.2, 0.25) is 0 Å². The van der Waals surface area contributed by atoms with E-state index in [9.17, 15) is 4.79 Å². The first-order chi connectivity index (χ1) is 11.5. The lowest BCUT2D eigenvalue weighted by Crippen LogP contribution is -2.06. The van der Waals surface area contributed by atoms with Gasteiger partial charge in [-0.25, -0.2) is 0 Å². The summed E-state index contributed by atoms with van der Waals surface area (Å²) in [5, 5.41) is 0. The molecule has 0 aliphatic heterocycles. The van der Waals surface area contributed by atoms with Crippen molar-refractivity contribution in [1.29, 1.82) is 0 Å². The summed E-state index contributed by atoms with van der Waals surface area (Å²) < 4.78 is 20.9. The Balaban J connectivity index is 2.41. The van der Waals surface area contributed by atoms with E-state index in [1.165, 1.54) is 21.3 Å². The molecule has 24 heavy (non-hydrogen) atoms.